The number of aromatic nitrogens is 2. The van der Waals surface area contributed by atoms with Gasteiger partial charge in [-0.15, -0.1) is 0 Å². The Hall–Kier alpha value is -3.65. The van der Waals surface area contributed by atoms with E-state index in [-0.39, 0.29) is 11.8 Å². The van der Waals surface area contributed by atoms with Crippen LogP contribution in [-0.2, 0) is 20.9 Å². The van der Waals surface area contributed by atoms with E-state index in [9.17, 15) is 9.59 Å². The number of carbonyl (C=O) groups is 2. The molecule has 3 aromatic rings. The highest BCUT2D eigenvalue weighted by atomic mass is 16.6. The summed E-state index contributed by atoms with van der Waals surface area (Å²) in [6.07, 6.45) is 2.62. The maximum Gasteiger partial charge on any atom is 0.419 e. The molecule has 0 radical (unpaired) electrons. The number of hydrogen-bond acceptors (Lipinski definition) is 6. The Bertz CT molecular complexity index is 1110. The number of nitrogens with zero attached hydrogens (tertiary/aromatic N) is 2. The zero-order chi connectivity index (χ0) is 23.4. The summed E-state index contributed by atoms with van der Waals surface area (Å²) in [4.78, 5) is 28.4. The summed E-state index contributed by atoms with van der Waals surface area (Å²) in [5.41, 5.74) is 2.70. The maximum atomic E-state index is 12.2. The molecule has 33 heavy (non-hydrogen) atoms. The van der Waals surface area contributed by atoms with Crippen molar-refractivity contribution in [2.24, 2.45) is 5.92 Å². The van der Waals surface area contributed by atoms with Gasteiger partial charge in [0.1, 0.15) is 24.3 Å². The Labute approximate surface area is 192 Å². The number of amides is 1. The van der Waals surface area contributed by atoms with Gasteiger partial charge < -0.3 is 19.5 Å². The van der Waals surface area contributed by atoms with Crippen LogP contribution < -0.4 is 10.1 Å². The fourth-order valence-electron chi connectivity index (χ4n) is 3.09. The van der Waals surface area contributed by atoms with E-state index < -0.39 is 11.7 Å². The van der Waals surface area contributed by atoms with E-state index in [2.05, 4.69) is 10.3 Å². The number of benzene rings is 2. The molecule has 0 aliphatic carbocycles. The molecule has 0 bridgehead atoms. The van der Waals surface area contributed by atoms with Crippen molar-refractivity contribution >= 4 is 17.7 Å². The zero-order valence-electron chi connectivity index (χ0n) is 18.9. The summed E-state index contributed by atoms with van der Waals surface area (Å²) < 4.78 is 17.6. The van der Waals surface area contributed by atoms with Gasteiger partial charge in [0, 0.05) is 17.4 Å². The summed E-state index contributed by atoms with van der Waals surface area (Å²) in [5, 5.41) is 2.89. The first kappa shape index (κ1) is 22.5. The van der Waals surface area contributed by atoms with Crippen molar-refractivity contribution in [2.45, 2.75) is 33.0 Å². The van der Waals surface area contributed by atoms with Crippen molar-refractivity contribution in [3.63, 3.8) is 0 Å². The summed E-state index contributed by atoms with van der Waals surface area (Å²) in [5.74, 6) is 0.649. The largest absolute Gasteiger partial charge is 0.489 e. The van der Waals surface area contributed by atoms with Crippen LogP contribution in [0, 0.1) is 5.92 Å². The molecule has 1 aliphatic heterocycles. The van der Waals surface area contributed by atoms with Crippen LogP contribution in [-0.4, -0.2) is 40.4 Å². The quantitative estimate of drug-likeness (QED) is 0.596. The van der Waals surface area contributed by atoms with Crippen molar-refractivity contribution in [3.8, 4) is 17.0 Å². The Balaban J connectivity index is 1.30. The monoisotopic (exact) mass is 449 g/mol. The molecule has 1 aromatic heterocycles. The summed E-state index contributed by atoms with van der Waals surface area (Å²) in [7, 11) is 0. The van der Waals surface area contributed by atoms with E-state index in [4.69, 9.17) is 14.2 Å². The molecule has 1 fully saturated rings. The Kier molecular flexibility index (Phi) is 6.46. The van der Waals surface area contributed by atoms with Crippen LogP contribution in [0.1, 0.15) is 26.3 Å². The van der Waals surface area contributed by atoms with Crippen LogP contribution in [0.3, 0.4) is 0 Å². The Morgan fingerprint density at radius 1 is 1.09 bits per heavy atom. The van der Waals surface area contributed by atoms with Crippen molar-refractivity contribution in [3.05, 3.63) is 66.6 Å². The average Bonchev–Trinajstić information content (AvgIpc) is 3.22. The van der Waals surface area contributed by atoms with Gasteiger partial charge in [-0.25, -0.2) is 14.3 Å². The number of hydrogen-bond donors (Lipinski definition) is 1. The number of ether oxygens (including phenoxy) is 3. The van der Waals surface area contributed by atoms with E-state index in [1.807, 2.05) is 69.3 Å². The predicted molar refractivity (Wildman–Crippen MR) is 123 cm³/mol. The molecule has 8 nitrogen and oxygen atoms in total. The normalized spacial score (nSPS) is 13.8. The third kappa shape index (κ3) is 5.98. The number of carbonyl (C=O) groups excluding carboxylic acids is 2. The second kappa shape index (κ2) is 9.46. The van der Waals surface area contributed by atoms with Crippen molar-refractivity contribution in [2.75, 3.05) is 18.5 Å². The first-order valence-corrected chi connectivity index (χ1v) is 10.7. The highest BCUT2D eigenvalue weighted by Gasteiger charge is 2.26. The molecule has 1 saturated heterocycles. The summed E-state index contributed by atoms with van der Waals surface area (Å²) in [6.45, 7) is 6.83. The smallest absolute Gasteiger partial charge is 0.419 e. The molecule has 8 heteroatoms. The third-order valence-corrected chi connectivity index (χ3v) is 4.97. The number of rotatable bonds is 6. The molecular weight excluding hydrogens is 422 g/mol. The molecule has 1 amide bonds. The van der Waals surface area contributed by atoms with Crippen LogP contribution in [0.5, 0.6) is 5.75 Å². The summed E-state index contributed by atoms with van der Waals surface area (Å²) in [6, 6.07) is 15.1. The minimum absolute atomic E-state index is 0.0127. The van der Waals surface area contributed by atoms with Gasteiger partial charge in [-0.2, -0.15) is 0 Å². The molecule has 2 aromatic carbocycles. The van der Waals surface area contributed by atoms with Crippen LogP contribution in [0.4, 0.5) is 10.5 Å². The number of imidazole rings is 1. The predicted octanol–water partition coefficient (Wildman–Crippen LogP) is 4.50. The van der Waals surface area contributed by atoms with Gasteiger partial charge in [-0.05, 0) is 62.7 Å². The summed E-state index contributed by atoms with van der Waals surface area (Å²) >= 11 is 0. The number of nitrogens with one attached hydrogen (secondary N) is 1. The van der Waals surface area contributed by atoms with E-state index in [1.165, 1.54) is 10.9 Å². The van der Waals surface area contributed by atoms with Crippen LogP contribution in [0.25, 0.3) is 11.3 Å². The minimum Gasteiger partial charge on any atom is -0.489 e. The molecule has 172 valence electrons. The van der Waals surface area contributed by atoms with E-state index in [0.29, 0.717) is 31.3 Å². The lowest BCUT2D eigenvalue weighted by Crippen LogP contribution is -2.38. The molecule has 0 atom stereocenters. The fourth-order valence-corrected chi connectivity index (χ4v) is 3.09. The van der Waals surface area contributed by atoms with Gasteiger partial charge >= 0.3 is 6.09 Å². The van der Waals surface area contributed by atoms with Crippen LogP contribution in [0.15, 0.2) is 61.1 Å². The van der Waals surface area contributed by atoms with Crippen LogP contribution in [0.2, 0.25) is 0 Å². The van der Waals surface area contributed by atoms with Crippen molar-refractivity contribution < 1.29 is 23.8 Å². The first-order valence-electron chi connectivity index (χ1n) is 10.7. The average molecular weight is 450 g/mol. The molecule has 1 aliphatic rings. The van der Waals surface area contributed by atoms with Gasteiger partial charge in [0.05, 0.1) is 24.8 Å². The van der Waals surface area contributed by atoms with Crippen molar-refractivity contribution in [1.82, 2.24) is 9.55 Å². The molecule has 0 saturated carbocycles. The van der Waals surface area contributed by atoms with Crippen LogP contribution >= 0.6 is 0 Å². The fraction of sp³-hybridized carbons (Fsp3) is 0.320. The molecule has 2 heterocycles. The second-order valence-corrected chi connectivity index (χ2v) is 8.88. The molecule has 0 spiro atoms. The molecule has 1 N–H and O–H groups in total. The minimum atomic E-state index is -0.569. The van der Waals surface area contributed by atoms with Gasteiger partial charge in [0.2, 0.25) is 5.91 Å². The lowest BCUT2D eigenvalue weighted by molar-refractivity contribution is -0.133. The van der Waals surface area contributed by atoms with Crippen molar-refractivity contribution in [1.29, 1.82) is 0 Å². The van der Waals surface area contributed by atoms with Gasteiger partial charge in [0.15, 0.2) is 0 Å². The Morgan fingerprint density at radius 2 is 1.79 bits per heavy atom. The number of anilines is 1. The van der Waals surface area contributed by atoms with E-state index in [1.54, 1.807) is 6.20 Å². The topological polar surface area (TPSA) is 91.7 Å². The zero-order valence-corrected chi connectivity index (χ0v) is 18.9. The lowest BCUT2D eigenvalue weighted by Gasteiger charge is -2.24. The highest BCUT2D eigenvalue weighted by molar-refractivity contribution is 5.93. The highest BCUT2D eigenvalue weighted by Crippen LogP contribution is 2.22. The molecule has 4 rings (SSSR count). The molecule has 0 unspecified atom stereocenters. The van der Waals surface area contributed by atoms with Gasteiger partial charge in [0.25, 0.3) is 0 Å². The van der Waals surface area contributed by atoms with E-state index in [0.717, 1.165) is 16.8 Å². The molecular formula is C25H27N3O5. The maximum absolute atomic E-state index is 12.2. The second-order valence-electron chi connectivity index (χ2n) is 8.88. The SMILES string of the molecule is CC(C)(C)OC(=O)n1cnc(-c2ccc(OCc3ccc(NC(=O)C4COC4)cc3)cc2)c1. The van der Waals surface area contributed by atoms with Gasteiger partial charge in [-0.1, -0.05) is 12.1 Å². The lowest BCUT2D eigenvalue weighted by atomic mass is 10.1. The van der Waals surface area contributed by atoms with Gasteiger partial charge in [-0.3, -0.25) is 4.79 Å². The standard InChI is InChI=1S/C25H27N3O5/c1-25(2,3)33-24(30)28-12-22(26-16-28)18-6-10-21(11-7-18)32-13-17-4-8-20(9-5-17)27-23(29)19-14-31-15-19/h4-12,16,19H,13-15H2,1-3H3,(H,27,29). The first-order chi connectivity index (χ1) is 15.8. The Morgan fingerprint density at radius 3 is 2.39 bits per heavy atom. The third-order valence-electron chi connectivity index (χ3n) is 4.97. The van der Waals surface area contributed by atoms with E-state index >= 15 is 0 Å².